The maximum atomic E-state index is 14.3. The van der Waals surface area contributed by atoms with Crippen LogP contribution in [-0.2, 0) is 22.0 Å². The third-order valence-corrected chi connectivity index (χ3v) is 7.70. The normalized spacial score (nSPS) is 15.5. The highest BCUT2D eigenvalue weighted by molar-refractivity contribution is 5.96. The number of ether oxygens (including phenoxy) is 2. The first-order chi connectivity index (χ1) is 18.5. The van der Waals surface area contributed by atoms with Crippen LogP contribution in [0, 0.1) is 0 Å². The number of esters is 1. The second-order valence-corrected chi connectivity index (χ2v) is 12.5. The quantitative estimate of drug-likeness (QED) is 0.200. The molecule has 5 rings (SSSR count). The van der Waals surface area contributed by atoms with Gasteiger partial charge in [-0.25, -0.2) is 4.79 Å². The SMILES string of the molecule is COc1cc(C(C)(C)C)c(OC(=O)C2=CCc3ccccc3C2c2cccc3ccccc23)c(C(C)(C)C)c1. The minimum atomic E-state index is -0.302. The van der Waals surface area contributed by atoms with Crippen molar-refractivity contribution in [3.63, 3.8) is 0 Å². The molecular weight excluding hydrogens is 480 g/mol. The number of hydrogen-bond acceptors (Lipinski definition) is 3. The zero-order valence-corrected chi connectivity index (χ0v) is 24.1. The number of benzene rings is 4. The van der Waals surface area contributed by atoms with Gasteiger partial charge in [0.25, 0.3) is 0 Å². The van der Waals surface area contributed by atoms with Gasteiger partial charge >= 0.3 is 5.97 Å². The number of carbonyl (C=O) groups is 1. The van der Waals surface area contributed by atoms with Gasteiger partial charge in [0.2, 0.25) is 0 Å². The van der Waals surface area contributed by atoms with E-state index in [2.05, 4.69) is 114 Å². The summed E-state index contributed by atoms with van der Waals surface area (Å²) in [7, 11) is 1.68. The maximum absolute atomic E-state index is 14.3. The van der Waals surface area contributed by atoms with E-state index in [-0.39, 0.29) is 22.7 Å². The average molecular weight is 519 g/mol. The van der Waals surface area contributed by atoms with Crippen LogP contribution in [-0.4, -0.2) is 13.1 Å². The molecule has 39 heavy (non-hydrogen) atoms. The van der Waals surface area contributed by atoms with Crippen molar-refractivity contribution in [3.05, 3.63) is 118 Å². The molecule has 1 atom stereocenters. The molecule has 1 unspecified atom stereocenters. The largest absolute Gasteiger partial charge is 0.497 e. The van der Waals surface area contributed by atoms with Crippen molar-refractivity contribution < 1.29 is 14.3 Å². The Morgan fingerprint density at radius 2 is 1.36 bits per heavy atom. The molecule has 0 saturated heterocycles. The third-order valence-electron chi connectivity index (χ3n) is 7.70. The van der Waals surface area contributed by atoms with Gasteiger partial charge in [-0.05, 0) is 56.8 Å². The average Bonchev–Trinajstić information content (AvgIpc) is 2.91. The van der Waals surface area contributed by atoms with Gasteiger partial charge in [-0.3, -0.25) is 0 Å². The van der Waals surface area contributed by atoms with Crippen LogP contribution in [0.15, 0.2) is 90.5 Å². The van der Waals surface area contributed by atoms with Crippen molar-refractivity contribution in [2.24, 2.45) is 0 Å². The van der Waals surface area contributed by atoms with Crippen LogP contribution >= 0.6 is 0 Å². The van der Waals surface area contributed by atoms with E-state index in [4.69, 9.17) is 9.47 Å². The van der Waals surface area contributed by atoms with Crippen molar-refractivity contribution >= 4 is 16.7 Å². The van der Waals surface area contributed by atoms with Gasteiger partial charge < -0.3 is 9.47 Å². The van der Waals surface area contributed by atoms with Crippen LogP contribution in [0.5, 0.6) is 11.5 Å². The van der Waals surface area contributed by atoms with E-state index in [0.29, 0.717) is 17.7 Å². The Bertz CT molecular complexity index is 1540. The molecule has 1 aliphatic rings. The summed E-state index contributed by atoms with van der Waals surface area (Å²) in [6.45, 7) is 12.8. The van der Waals surface area contributed by atoms with Crippen molar-refractivity contribution in [1.29, 1.82) is 0 Å². The first kappa shape index (κ1) is 26.7. The summed E-state index contributed by atoms with van der Waals surface area (Å²) in [5.74, 6) is 0.882. The molecule has 0 fully saturated rings. The van der Waals surface area contributed by atoms with Gasteiger partial charge in [-0.2, -0.15) is 0 Å². The number of allylic oxidation sites excluding steroid dienone is 1. The zero-order chi connectivity index (χ0) is 27.9. The molecule has 4 aromatic rings. The summed E-state index contributed by atoms with van der Waals surface area (Å²) >= 11 is 0. The molecule has 0 saturated carbocycles. The molecule has 0 radical (unpaired) electrons. The summed E-state index contributed by atoms with van der Waals surface area (Å²) in [6.07, 6.45) is 2.76. The van der Waals surface area contributed by atoms with Crippen molar-refractivity contribution in [1.82, 2.24) is 0 Å². The van der Waals surface area contributed by atoms with Gasteiger partial charge in [-0.15, -0.1) is 0 Å². The van der Waals surface area contributed by atoms with E-state index >= 15 is 0 Å². The smallest absolute Gasteiger partial charge is 0.340 e. The summed E-state index contributed by atoms with van der Waals surface area (Å²) in [6, 6.07) is 27.2. The molecule has 3 nitrogen and oxygen atoms in total. The summed E-state index contributed by atoms with van der Waals surface area (Å²) in [5.41, 5.74) is 5.59. The Hall–Kier alpha value is -3.85. The van der Waals surface area contributed by atoms with E-state index in [1.165, 1.54) is 5.56 Å². The Morgan fingerprint density at radius 1 is 0.769 bits per heavy atom. The van der Waals surface area contributed by atoms with Gasteiger partial charge in [0, 0.05) is 22.6 Å². The second kappa shape index (κ2) is 10.0. The van der Waals surface area contributed by atoms with Gasteiger partial charge in [-0.1, -0.05) is 114 Å². The molecular formula is C36H38O3. The van der Waals surface area contributed by atoms with Crippen LogP contribution in [0.3, 0.4) is 0 Å². The molecule has 0 heterocycles. The molecule has 200 valence electrons. The highest BCUT2D eigenvalue weighted by Gasteiger charge is 2.34. The van der Waals surface area contributed by atoms with Crippen LogP contribution in [0.25, 0.3) is 10.8 Å². The van der Waals surface area contributed by atoms with E-state index in [1.54, 1.807) is 7.11 Å². The second-order valence-electron chi connectivity index (χ2n) is 12.5. The number of methoxy groups -OCH3 is 1. The highest BCUT2D eigenvalue weighted by atomic mass is 16.5. The molecule has 0 amide bonds. The van der Waals surface area contributed by atoms with E-state index < -0.39 is 0 Å². The van der Waals surface area contributed by atoms with Gasteiger partial charge in [0.05, 0.1) is 7.11 Å². The molecule has 0 aromatic heterocycles. The van der Waals surface area contributed by atoms with Crippen molar-refractivity contribution in [3.8, 4) is 11.5 Å². The van der Waals surface area contributed by atoms with Crippen LogP contribution < -0.4 is 9.47 Å². The lowest BCUT2D eigenvalue weighted by Crippen LogP contribution is -2.26. The summed E-state index contributed by atoms with van der Waals surface area (Å²) < 4.78 is 12.1. The topological polar surface area (TPSA) is 35.5 Å². The van der Waals surface area contributed by atoms with E-state index in [0.717, 1.165) is 38.8 Å². The van der Waals surface area contributed by atoms with Crippen LogP contribution in [0.4, 0.5) is 0 Å². The summed E-state index contributed by atoms with van der Waals surface area (Å²) in [5, 5.41) is 2.31. The fourth-order valence-electron chi connectivity index (χ4n) is 5.64. The molecule has 3 heteroatoms. The standard InChI is InChI=1S/C36H38O3/c1-35(2,3)30-21-25(38-7)22-31(36(4,5)6)33(30)39-34(37)29-20-19-24-14-9-11-17-27(24)32(29)28-18-12-15-23-13-8-10-16-26(23)28/h8-18,20-22,32H,19H2,1-7H3. The number of fused-ring (bicyclic) bond motifs is 2. The molecule has 4 aromatic carbocycles. The maximum Gasteiger partial charge on any atom is 0.340 e. The highest BCUT2D eigenvalue weighted by Crippen LogP contribution is 2.45. The lowest BCUT2D eigenvalue weighted by molar-refractivity contribution is -0.130. The molecule has 1 aliphatic carbocycles. The fraction of sp³-hybridized carbons (Fsp3) is 0.306. The molecule has 0 aliphatic heterocycles. The van der Waals surface area contributed by atoms with E-state index in [1.807, 2.05) is 12.1 Å². The molecule has 0 bridgehead atoms. The van der Waals surface area contributed by atoms with Gasteiger partial charge in [0.1, 0.15) is 11.5 Å². The number of hydrogen-bond donors (Lipinski definition) is 0. The van der Waals surface area contributed by atoms with Gasteiger partial charge in [0.15, 0.2) is 0 Å². The van der Waals surface area contributed by atoms with Crippen LogP contribution in [0.2, 0.25) is 0 Å². The zero-order valence-electron chi connectivity index (χ0n) is 24.1. The minimum Gasteiger partial charge on any atom is -0.497 e. The predicted octanol–water partition coefficient (Wildman–Crippen LogP) is 8.66. The first-order valence-corrected chi connectivity index (χ1v) is 13.7. The Labute approximate surface area is 232 Å². The number of rotatable bonds is 4. The Morgan fingerprint density at radius 3 is 2.03 bits per heavy atom. The molecule has 0 N–H and O–H groups in total. The number of carbonyl (C=O) groups excluding carboxylic acids is 1. The summed E-state index contributed by atoms with van der Waals surface area (Å²) in [4.78, 5) is 14.3. The lowest BCUT2D eigenvalue weighted by atomic mass is 9.76. The van der Waals surface area contributed by atoms with Crippen molar-refractivity contribution in [2.45, 2.75) is 64.7 Å². The minimum absolute atomic E-state index is 0.219. The predicted molar refractivity (Wildman–Crippen MR) is 160 cm³/mol. The monoisotopic (exact) mass is 518 g/mol. The third kappa shape index (κ3) is 5.11. The van der Waals surface area contributed by atoms with Crippen LogP contribution in [0.1, 0.15) is 75.3 Å². The Kier molecular flexibility index (Phi) is 6.88. The fourth-order valence-corrected chi connectivity index (χ4v) is 5.64. The Balaban J connectivity index is 1.67. The first-order valence-electron chi connectivity index (χ1n) is 13.7. The molecule has 0 spiro atoms. The van der Waals surface area contributed by atoms with Crippen molar-refractivity contribution in [2.75, 3.05) is 7.11 Å². The lowest BCUT2D eigenvalue weighted by Gasteiger charge is -2.31. The van der Waals surface area contributed by atoms with E-state index in [9.17, 15) is 4.79 Å².